The van der Waals surface area contributed by atoms with Crippen molar-refractivity contribution in [3.8, 4) is 6.07 Å². The van der Waals surface area contributed by atoms with Crippen LogP contribution in [-0.2, 0) is 0 Å². The maximum absolute atomic E-state index is 9.27. The smallest absolute Gasteiger partial charge is 0.101 e. The molecule has 0 saturated carbocycles. The summed E-state index contributed by atoms with van der Waals surface area (Å²) in [5.74, 6) is 0. The molecule has 0 spiro atoms. The van der Waals surface area contributed by atoms with Gasteiger partial charge in [-0.1, -0.05) is 24.3 Å². The molecule has 1 saturated heterocycles. The van der Waals surface area contributed by atoms with E-state index in [-0.39, 0.29) is 0 Å². The monoisotopic (exact) mass is 306 g/mol. The molecular weight excluding hydrogens is 284 g/mol. The zero-order chi connectivity index (χ0) is 16.2. The first-order valence-electron chi connectivity index (χ1n) is 7.98. The van der Waals surface area contributed by atoms with Crippen molar-refractivity contribution in [2.75, 3.05) is 43.1 Å². The molecule has 0 radical (unpaired) electrons. The zero-order valence-electron chi connectivity index (χ0n) is 13.7. The Labute approximate surface area is 138 Å². The van der Waals surface area contributed by atoms with Crippen molar-refractivity contribution in [2.24, 2.45) is 0 Å². The molecule has 0 aliphatic carbocycles. The van der Waals surface area contributed by atoms with Crippen LogP contribution in [0, 0.1) is 18.3 Å². The molecular formula is C19H22N4. The van der Waals surface area contributed by atoms with Gasteiger partial charge in [0.1, 0.15) is 6.07 Å². The molecule has 0 bridgehead atoms. The second-order valence-electron chi connectivity index (χ2n) is 5.93. The fourth-order valence-electron chi connectivity index (χ4n) is 3.07. The van der Waals surface area contributed by atoms with E-state index in [0.717, 1.165) is 37.4 Å². The molecule has 3 rings (SSSR count). The molecule has 0 aromatic heterocycles. The first-order chi connectivity index (χ1) is 11.2. The standard InChI is InChI=1S/C19H22N4/c1-16-6-5-8-18(14-16)21(2)23-12-10-22(11-13-23)19-9-4-3-7-17(19)15-20/h3-9,14H,10-13H2,1-2H3. The van der Waals surface area contributed by atoms with E-state index < -0.39 is 0 Å². The second-order valence-corrected chi connectivity index (χ2v) is 5.93. The topological polar surface area (TPSA) is 33.5 Å². The van der Waals surface area contributed by atoms with Crippen molar-refractivity contribution >= 4 is 11.4 Å². The number of hydrogen-bond donors (Lipinski definition) is 0. The maximum atomic E-state index is 9.27. The zero-order valence-corrected chi connectivity index (χ0v) is 13.7. The molecule has 0 amide bonds. The Morgan fingerprint density at radius 3 is 2.43 bits per heavy atom. The fraction of sp³-hybridized carbons (Fsp3) is 0.316. The van der Waals surface area contributed by atoms with Crippen molar-refractivity contribution in [3.05, 3.63) is 59.7 Å². The molecule has 4 heteroatoms. The van der Waals surface area contributed by atoms with Crippen molar-refractivity contribution < 1.29 is 0 Å². The Morgan fingerprint density at radius 2 is 1.74 bits per heavy atom. The minimum absolute atomic E-state index is 0.757. The molecule has 1 aliphatic rings. The Balaban J connectivity index is 1.68. The molecule has 2 aromatic rings. The Kier molecular flexibility index (Phi) is 4.50. The van der Waals surface area contributed by atoms with E-state index in [9.17, 15) is 5.26 Å². The van der Waals surface area contributed by atoms with E-state index in [2.05, 4.69) is 59.2 Å². The van der Waals surface area contributed by atoms with Gasteiger partial charge in [-0.05, 0) is 36.8 Å². The van der Waals surface area contributed by atoms with E-state index in [1.54, 1.807) is 0 Å². The van der Waals surface area contributed by atoms with Gasteiger partial charge in [0, 0.05) is 33.2 Å². The number of piperazine rings is 1. The number of nitrogens with zero attached hydrogens (tertiary/aromatic N) is 4. The van der Waals surface area contributed by atoms with Crippen LogP contribution < -0.4 is 9.91 Å². The van der Waals surface area contributed by atoms with Crippen LogP contribution >= 0.6 is 0 Å². The van der Waals surface area contributed by atoms with Gasteiger partial charge in [-0.15, -0.1) is 0 Å². The number of rotatable bonds is 3. The lowest BCUT2D eigenvalue weighted by Gasteiger charge is -2.41. The van der Waals surface area contributed by atoms with Gasteiger partial charge in [0.25, 0.3) is 0 Å². The van der Waals surface area contributed by atoms with Crippen LogP contribution in [-0.4, -0.2) is 38.2 Å². The van der Waals surface area contributed by atoms with Gasteiger partial charge in [0.2, 0.25) is 0 Å². The quantitative estimate of drug-likeness (QED) is 0.873. The summed E-state index contributed by atoms with van der Waals surface area (Å²) in [6.07, 6.45) is 0. The first kappa shape index (κ1) is 15.4. The third kappa shape index (κ3) is 3.30. The average molecular weight is 306 g/mol. The minimum Gasteiger partial charge on any atom is -0.368 e. The highest BCUT2D eigenvalue weighted by molar-refractivity contribution is 5.59. The van der Waals surface area contributed by atoms with Gasteiger partial charge in [-0.2, -0.15) is 5.26 Å². The summed E-state index contributed by atoms with van der Waals surface area (Å²) in [4.78, 5) is 2.30. The van der Waals surface area contributed by atoms with E-state index in [1.807, 2.05) is 24.3 Å². The minimum atomic E-state index is 0.757. The number of aryl methyl sites for hydroxylation is 1. The lowest BCUT2D eigenvalue weighted by Crippen LogP contribution is -2.53. The predicted molar refractivity (Wildman–Crippen MR) is 94.5 cm³/mol. The maximum Gasteiger partial charge on any atom is 0.101 e. The third-order valence-corrected chi connectivity index (χ3v) is 4.42. The Bertz CT molecular complexity index is 711. The van der Waals surface area contributed by atoms with Gasteiger partial charge < -0.3 is 9.91 Å². The van der Waals surface area contributed by atoms with Crippen LogP contribution in [0.2, 0.25) is 0 Å². The summed E-state index contributed by atoms with van der Waals surface area (Å²) in [7, 11) is 2.12. The van der Waals surface area contributed by atoms with Gasteiger partial charge in [-0.3, -0.25) is 0 Å². The van der Waals surface area contributed by atoms with Gasteiger partial charge >= 0.3 is 0 Å². The van der Waals surface area contributed by atoms with E-state index in [1.165, 1.54) is 11.3 Å². The lowest BCUT2D eigenvalue weighted by atomic mass is 10.1. The summed E-state index contributed by atoms with van der Waals surface area (Å²) < 4.78 is 0. The highest BCUT2D eigenvalue weighted by Crippen LogP contribution is 2.23. The number of para-hydroxylation sites is 1. The molecule has 1 aliphatic heterocycles. The van der Waals surface area contributed by atoms with Crippen LogP contribution in [0.15, 0.2) is 48.5 Å². The molecule has 1 fully saturated rings. The van der Waals surface area contributed by atoms with Crippen molar-refractivity contribution in [1.29, 1.82) is 5.26 Å². The number of hydrazine groups is 1. The van der Waals surface area contributed by atoms with Crippen LogP contribution in [0.5, 0.6) is 0 Å². The Hall–Kier alpha value is -2.51. The molecule has 0 atom stereocenters. The number of benzene rings is 2. The van der Waals surface area contributed by atoms with Crippen molar-refractivity contribution in [1.82, 2.24) is 5.01 Å². The van der Waals surface area contributed by atoms with E-state index in [4.69, 9.17) is 0 Å². The molecule has 4 nitrogen and oxygen atoms in total. The normalized spacial score (nSPS) is 15.3. The average Bonchev–Trinajstić information content (AvgIpc) is 2.61. The van der Waals surface area contributed by atoms with E-state index in [0.29, 0.717) is 0 Å². The molecule has 23 heavy (non-hydrogen) atoms. The first-order valence-corrected chi connectivity index (χ1v) is 7.98. The SMILES string of the molecule is Cc1cccc(N(C)N2CCN(c3ccccc3C#N)CC2)c1. The third-order valence-electron chi connectivity index (χ3n) is 4.42. The molecule has 2 aromatic carbocycles. The molecule has 1 heterocycles. The number of nitriles is 1. The number of hydrogen-bond acceptors (Lipinski definition) is 4. The highest BCUT2D eigenvalue weighted by atomic mass is 15.6. The predicted octanol–water partition coefficient (Wildman–Crippen LogP) is 3.04. The van der Waals surface area contributed by atoms with Gasteiger partial charge in [0.05, 0.1) is 16.9 Å². The highest BCUT2D eigenvalue weighted by Gasteiger charge is 2.21. The molecule has 0 N–H and O–H groups in total. The second kappa shape index (κ2) is 6.72. The van der Waals surface area contributed by atoms with Crippen molar-refractivity contribution in [3.63, 3.8) is 0 Å². The molecule has 118 valence electrons. The largest absolute Gasteiger partial charge is 0.368 e. The van der Waals surface area contributed by atoms with Gasteiger partial charge in [-0.25, -0.2) is 5.01 Å². The Morgan fingerprint density at radius 1 is 1.00 bits per heavy atom. The van der Waals surface area contributed by atoms with Crippen LogP contribution in [0.3, 0.4) is 0 Å². The van der Waals surface area contributed by atoms with Crippen molar-refractivity contribution in [2.45, 2.75) is 6.92 Å². The number of anilines is 2. The summed E-state index contributed by atoms with van der Waals surface area (Å²) in [6, 6.07) is 18.7. The molecule has 0 unspecified atom stereocenters. The van der Waals surface area contributed by atoms with Crippen LogP contribution in [0.1, 0.15) is 11.1 Å². The fourth-order valence-corrected chi connectivity index (χ4v) is 3.07. The summed E-state index contributed by atoms with van der Waals surface area (Å²) in [5.41, 5.74) is 4.30. The van der Waals surface area contributed by atoms with E-state index >= 15 is 0 Å². The lowest BCUT2D eigenvalue weighted by molar-refractivity contribution is 0.249. The van der Waals surface area contributed by atoms with Crippen LogP contribution in [0.4, 0.5) is 11.4 Å². The summed E-state index contributed by atoms with van der Waals surface area (Å²) in [5, 5.41) is 13.9. The summed E-state index contributed by atoms with van der Waals surface area (Å²) in [6.45, 7) is 5.87. The van der Waals surface area contributed by atoms with Gasteiger partial charge in [0.15, 0.2) is 0 Å². The summed E-state index contributed by atoms with van der Waals surface area (Å²) >= 11 is 0. The van der Waals surface area contributed by atoms with Crippen LogP contribution in [0.25, 0.3) is 0 Å².